The average Bonchev–Trinajstić information content (AvgIpc) is 2.42. The van der Waals surface area contributed by atoms with Crippen LogP contribution in [0, 0.1) is 0 Å². The quantitative estimate of drug-likeness (QED) is 0.837. The predicted molar refractivity (Wildman–Crippen MR) is 73.4 cm³/mol. The molecule has 0 aromatic rings. The van der Waals surface area contributed by atoms with Gasteiger partial charge < -0.3 is 10.2 Å². The summed E-state index contributed by atoms with van der Waals surface area (Å²) in [4.78, 5) is 14.6. The third kappa shape index (κ3) is 3.38. The highest BCUT2D eigenvalue weighted by molar-refractivity contribution is 7.99. The van der Waals surface area contributed by atoms with Crippen molar-refractivity contribution in [2.75, 3.05) is 24.6 Å². The van der Waals surface area contributed by atoms with Gasteiger partial charge in [0, 0.05) is 12.6 Å². The second kappa shape index (κ2) is 6.64. The van der Waals surface area contributed by atoms with E-state index < -0.39 is 0 Å². The summed E-state index contributed by atoms with van der Waals surface area (Å²) in [5.41, 5.74) is 0. The average molecular weight is 256 g/mol. The molecule has 0 radical (unpaired) electrons. The van der Waals surface area contributed by atoms with E-state index in [1.54, 1.807) is 0 Å². The molecule has 2 aliphatic heterocycles. The zero-order valence-corrected chi connectivity index (χ0v) is 11.6. The molecule has 1 N–H and O–H groups in total. The van der Waals surface area contributed by atoms with Crippen LogP contribution in [0.2, 0.25) is 0 Å². The molecule has 3 nitrogen and oxygen atoms in total. The number of carbonyl (C=O) groups excluding carboxylic acids is 1. The molecule has 0 unspecified atom stereocenters. The molecule has 0 saturated carbocycles. The van der Waals surface area contributed by atoms with E-state index in [-0.39, 0.29) is 6.04 Å². The number of hydrogen-bond donors (Lipinski definition) is 1. The molecule has 2 heterocycles. The van der Waals surface area contributed by atoms with E-state index in [2.05, 4.69) is 17.1 Å². The second-order valence-electron chi connectivity index (χ2n) is 4.97. The lowest BCUT2D eigenvalue weighted by atomic mass is 10.0. The zero-order valence-electron chi connectivity index (χ0n) is 10.8. The summed E-state index contributed by atoms with van der Waals surface area (Å²) in [7, 11) is 0. The third-order valence-corrected chi connectivity index (χ3v) is 4.91. The Morgan fingerprint density at radius 1 is 1.29 bits per heavy atom. The molecule has 2 rings (SSSR count). The van der Waals surface area contributed by atoms with Crippen molar-refractivity contribution in [1.82, 2.24) is 10.2 Å². The molecule has 4 heteroatoms. The molecule has 2 aliphatic rings. The van der Waals surface area contributed by atoms with Gasteiger partial charge in [-0.15, -0.1) is 0 Å². The Morgan fingerprint density at radius 2 is 2.06 bits per heavy atom. The molecule has 0 spiro atoms. The highest BCUT2D eigenvalue weighted by Crippen LogP contribution is 2.23. The van der Waals surface area contributed by atoms with E-state index in [1.165, 1.54) is 37.2 Å². The predicted octanol–water partition coefficient (Wildman–Crippen LogP) is 1.87. The number of piperidine rings is 1. The Morgan fingerprint density at radius 3 is 2.65 bits per heavy atom. The number of nitrogens with one attached hydrogen (secondary N) is 1. The van der Waals surface area contributed by atoms with Crippen LogP contribution < -0.4 is 5.32 Å². The van der Waals surface area contributed by atoms with E-state index in [4.69, 9.17) is 0 Å². The summed E-state index contributed by atoms with van der Waals surface area (Å²) < 4.78 is 0. The Balaban J connectivity index is 1.93. The molecule has 2 saturated heterocycles. The Bertz CT molecular complexity index is 248. The van der Waals surface area contributed by atoms with Crippen molar-refractivity contribution >= 4 is 17.7 Å². The van der Waals surface area contributed by atoms with Crippen molar-refractivity contribution in [3.63, 3.8) is 0 Å². The number of rotatable bonds is 3. The minimum atomic E-state index is 0.0956. The second-order valence-corrected chi connectivity index (χ2v) is 6.20. The zero-order chi connectivity index (χ0) is 12.1. The smallest absolute Gasteiger partial charge is 0.239 e. The van der Waals surface area contributed by atoms with Crippen molar-refractivity contribution in [1.29, 1.82) is 0 Å². The number of likely N-dealkylation sites (N-methyl/N-ethyl adjacent to an activating group) is 1. The molecular weight excluding hydrogens is 232 g/mol. The summed E-state index contributed by atoms with van der Waals surface area (Å²) in [5.74, 6) is 2.78. The van der Waals surface area contributed by atoms with Crippen LogP contribution >= 0.6 is 11.8 Å². The van der Waals surface area contributed by atoms with Crippen LogP contribution in [0.15, 0.2) is 0 Å². The molecule has 0 bridgehead atoms. The fourth-order valence-corrected chi connectivity index (χ4v) is 3.94. The minimum absolute atomic E-state index is 0.0956. The van der Waals surface area contributed by atoms with Gasteiger partial charge in [0.2, 0.25) is 5.91 Å². The summed E-state index contributed by atoms with van der Waals surface area (Å²) in [6.07, 6.45) is 5.79. The number of amides is 1. The minimum Gasteiger partial charge on any atom is -0.339 e. The molecule has 2 fully saturated rings. The van der Waals surface area contributed by atoms with Crippen molar-refractivity contribution < 1.29 is 4.79 Å². The lowest BCUT2D eigenvalue weighted by Crippen LogP contribution is -2.52. The van der Waals surface area contributed by atoms with E-state index in [0.29, 0.717) is 11.9 Å². The van der Waals surface area contributed by atoms with Crippen molar-refractivity contribution in [3.05, 3.63) is 0 Å². The highest BCUT2D eigenvalue weighted by atomic mass is 32.2. The van der Waals surface area contributed by atoms with Crippen LogP contribution in [0.5, 0.6) is 0 Å². The van der Waals surface area contributed by atoms with Gasteiger partial charge in [-0.1, -0.05) is 6.42 Å². The van der Waals surface area contributed by atoms with E-state index in [0.717, 1.165) is 19.5 Å². The maximum Gasteiger partial charge on any atom is 0.239 e. The van der Waals surface area contributed by atoms with Gasteiger partial charge in [0.15, 0.2) is 0 Å². The lowest BCUT2D eigenvalue weighted by molar-refractivity contribution is -0.136. The molecule has 98 valence electrons. The SMILES string of the molecule is CCN(C(=O)[C@@H]1CCCCN1)C1CCSCC1. The van der Waals surface area contributed by atoms with Crippen LogP contribution in [-0.2, 0) is 4.79 Å². The van der Waals surface area contributed by atoms with Gasteiger partial charge in [-0.2, -0.15) is 11.8 Å². The first-order chi connectivity index (χ1) is 8.33. The van der Waals surface area contributed by atoms with Gasteiger partial charge in [0.1, 0.15) is 0 Å². The summed E-state index contributed by atoms with van der Waals surface area (Å²) >= 11 is 2.02. The Hall–Kier alpha value is -0.220. The summed E-state index contributed by atoms with van der Waals surface area (Å²) in [6, 6.07) is 0.593. The first kappa shape index (κ1) is 13.2. The largest absolute Gasteiger partial charge is 0.339 e. The summed E-state index contributed by atoms with van der Waals surface area (Å²) in [6.45, 7) is 3.99. The molecular formula is C13H24N2OS. The number of thioether (sulfide) groups is 1. The van der Waals surface area contributed by atoms with Crippen LogP contribution in [0.3, 0.4) is 0 Å². The third-order valence-electron chi connectivity index (χ3n) is 3.86. The van der Waals surface area contributed by atoms with Crippen molar-refractivity contribution in [2.45, 2.75) is 51.1 Å². The molecule has 0 aliphatic carbocycles. The lowest BCUT2D eigenvalue weighted by Gasteiger charge is -2.36. The molecule has 1 amide bonds. The maximum atomic E-state index is 12.5. The fraction of sp³-hybridized carbons (Fsp3) is 0.923. The number of hydrogen-bond acceptors (Lipinski definition) is 3. The molecule has 17 heavy (non-hydrogen) atoms. The van der Waals surface area contributed by atoms with Gasteiger partial charge in [0.05, 0.1) is 6.04 Å². The van der Waals surface area contributed by atoms with Gasteiger partial charge >= 0.3 is 0 Å². The van der Waals surface area contributed by atoms with Crippen LogP contribution in [-0.4, -0.2) is 47.5 Å². The Labute approximate surface area is 109 Å². The van der Waals surface area contributed by atoms with Crippen molar-refractivity contribution in [2.24, 2.45) is 0 Å². The van der Waals surface area contributed by atoms with E-state index in [1.807, 2.05) is 11.8 Å². The first-order valence-electron chi connectivity index (χ1n) is 6.94. The van der Waals surface area contributed by atoms with Gasteiger partial charge in [-0.05, 0) is 50.7 Å². The monoisotopic (exact) mass is 256 g/mol. The Kier molecular flexibility index (Phi) is 5.16. The van der Waals surface area contributed by atoms with E-state index in [9.17, 15) is 4.79 Å². The number of carbonyl (C=O) groups is 1. The normalized spacial score (nSPS) is 26.8. The van der Waals surface area contributed by atoms with Crippen molar-refractivity contribution in [3.8, 4) is 0 Å². The molecule has 1 atom stereocenters. The number of nitrogens with zero attached hydrogens (tertiary/aromatic N) is 1. The topological polar surface area (TPSA) is 32.3 Å². The maximum absolute atomic E-state index is 12.5. The summed E-state index contributed by atoms with van der Waals surface area (Å²) in [5, 5.41) is 3.38. The first-order valence-corrected chi connectivity index (χ1v) is 8.10. The highest BCUT2D eigenvalue weighted by Gasteiger charge is 2.30. The fourth-order valence-electron chi connectivity index (χ4n) is 2.85. The van der Waals surface area contributed by atoms with Gasteiger partial charge in [-0.3, -0.25) is 4.79 Å². The molecule has 0 aromatic carbocycles. The van der Waals surface area contributed by atoms with Crippen LogP contribution in [0.4, 0.5) is 0 Å². The molecule has 0 aromatic heterocycles. The van der Waals surface area contributed by atoms with E-state index >= 15 is 0 Å². The van der Waals surface area contributed by atoms with Gasteiger partial charge in [-0.25, -0.2) is 0 Å². The van der Waals surface area contributed by atoms with Crippen LogP contribution in [0.1, 0.15) is 39.0 Å². The van der Waals surface area contributed by atoms with Crippen LogP contribution in [0.25, 0.3) is 0 Å². The standard InChI is InChI=1S/C13H24N2OS/c1-2-15(11-6-9-17-10-7-11)13(16)12-5-3-4-8-14-12/h11-12,14H,2-10H2,1H3/t12-/m0/s1. The van der Waals surface area contributed by atoms with Gasteiger partial charge in [0.25, 0.3) is 0 Å².